The van der Waals surface area contributed by atoms with Crippen LogP contribution >= 0.6 is 0 Å². The molecule has 1 saturated heterocycles. The Morgan fingerprint density at radius 1 is 1.00 bits per heavy atom. The van der Waals surface area contributed by atoms with Crippen LogP contribution in [0.1, 0.15) is 22.7 Å². The fourth-order valence-corrected chi connectivity index (χ4v) is 4.64. The topological polar surface area (TPSA) is 72.1 Å². The van der Waals surface area contributed by atoms with Gasteiger partial charge in [0.05, 0.1) is 26.4 Å². The van der Waals surface area contributed by atoms with Gasteiger partial charge in [-0.15, -0.1) is 0 Å². The lowest BCUT2D eigenvalue weighted by atomic mass is 9.92. The van der Waals surface area contributed by atoms with E-state index in [-0.39, 0.29) is 11.8 Å². The third kappa shape index (κ3) is 3.51. The van der Waals surface area contributed by atoms with Gasteiger partial charge < -0.3 is 19.0 Å². The average Bonchev–Trinajstić information content (AvgIpc) is 2.81. The second-order valence-electron chi connectivity index (χ2n) is 8.12. The first kappa shape index (κ1) is 20.5. The van der Waals surface area contributed by atoms with Gasteiger partial charge >= 0.3 is 5.63 Å². The molecule has 1 aromatic heterocycles. The zero-order valence-electron chi connectivity index (χ0n) is 18.1. The van der Waals surface area contributed by atoms with Crippen LogP contribution in [0.3, 0.4) is 0 Å². The van der Waals surface area contributed by atoms with E-state index in [0.29, 0.717) is 24.2 Å². The molecule has 32 heavy (non-hydrogen) atoms. The summed E-state index contributed by atoms with van der Waals surface area (Å²) < 4.78 is 16.6. The second kappa shape index (κ2) is 8.30. The highest BCUT2D eigenvalue weighted by atomic mass is 16.5. The van der Waals surface area contributed by atoms with Crippen LogP contribution in [0.15, 0.2) is 63.8 Å². The molecular formula is C26H25NO5. The minimum Gasteiger partial charge on any atom is -0.507 e. The molecule has 164 valence electrons. The Morgan fingerprint density at radius 3 is 2.53 bits per heavy atom. The molecule has 1 fully saturated rings. The van der Waals surface area contributed by atoms with Gasteiger partial charge in [-0.25, -0.2) is 4.79 Å². The normalized spacial score (nSPS) is 15.8. The van der Waals surface area contributed by atoms with Crippen molar-refractivity contribution in [3.63, 3.8) is 0 Å². The summed E-state index contributed by atoms with van der Waals surface area (Å²) in [5.74, 6) is 0.956. The molecule has 5 rings (SSSR count). The van der Waals surface area contributed by atoms with Crippen molar-refractivity contribution in [2.24, 2.45) is 0 Å². The summed E-state index contributed by atoms with van der Waals surface area (Å²) in [6.07, 6.45) is 0. The number of aromatic hydroxyl groups is 1. The zero-order chi connectivity index (χ0) is 22.2. The maximum atomic E-state index is 12.0. The Labute approximate surface area is 185 Å². The van der Waals surface area contributed by atoms with E-state index in [9.17, 15) is 9.90 Å². The number of benzene rings is 3. The minimum absolute atomic E-state index is 0.168. The molecule has 3 aromatic carbocycles. The van der Waals surface area contributed by atoms with E-state index < -0.39 is 5.63 Å². The molecule has 1 aliphatic heterocycles. The maximum absolute atomic E-state index is 12.0. The molecule has 4 aromatic rings. The molecule has 6 nitrogen and oxygen atoms in total. The number of fused-ring (bicyclic) bond motifs is 3. The number of nitrogens with zero attached hydrogens (tertiary/aromatic N) is 1. The summed E-state index contributed by atoms with van der Waals surface area (Å²) in [6.45, 7) is 4.68. The highest BCUT2D eigenvalue weighted by molar-refractivity contribution is 6.07. The number of methoxy groups -OCH3 is 1. The molecule has 0 saturated carbocycles. The van der Waals surface area contributed by atoms with E-state index in [1.807, 2.05) is 49.4 Å². The number of ether oxygens (including phenoxy) is 2. The Balaban J connectivity index is 1.72. The van der Waals surface area contributed by atoms with E-state index in [4.69, 9.17) is 13.9 Å². The Morgan fingerprint density at radius 2 is 1.75 bits per heavy atom. The molecule has 0 radical (unpaired) electrons. The summed E-state index contributed by atoms with van der Waals surface area (Å²) in [5, 5.41) is 13.7. The van der Waals surface area contributed by atoms with E-state index >= 15 is 0 Å². The summed E-state index contributed by atoms with van der Waals surface area (Å²) >= 11 is 0. The second-order valence-corrected chi connectivity index (χ2v) is 8.12. The molecule has 1 aliphatic rings. The number of hydrogen-bond donors (Lipinski definition) is 1. The fourth-order valence-electron chi connectivity index (χ4n) is 4.64. The number of morpholine rings is 1. The van der Waals surface area contributed by atoms with Crippen molar-refractivity contribution in [1.82, 2.24) is 4.90 Å². The van der Waals surface area contributed by atoms with Crippen molar-refractivity contribution in [2.45, 2.75) is 13.0 Å². The summed E-state index contributed by atoms with van der Waals surface area (Å²) in [6, 6.07) is 16.9. The van der Waals surface area contributed by atoms with E-state index in [0.717, 1.165) is 46.3 Å². The van der Waals surface area contributed by atoms with Crippen LogP contribution in [-0.2, 0) is 4.74 Å². The van der Waals surface area contributed by atoms with Crippen molar-refractivity contribution in [2.75, 3.05) is 33.4 Å². The molecule has 6 heteroatoms. The van der Waals surface area contributed by atoms with Gasteiger partial charge in [0.15, 0.2) is 0 Å². The summed E-state index contributed by atoms with van der Waals surface area (Å²) in [5.41, 5.74) is 2.78. The van der Waals surface area contributed by atoms with Gasteiger partial charge in [0.2, 0.25) is 0 Å². The van der Waals surface area contributed by atoms with Crippen LogP contribution in [0.4, 0.5) is 0 Å². The fraction of sp³-hybridized carbons (Fsp3) is 0.269. The van der Waals surface area contributed by atoms with Gasteiger partial charge in [0.1, 0.15) is 17.1 Å². The van der Waals surface area contributed by atoms with Crippen LogP contribution in [0, 0.1) is 6.92 Å². The number of aryl methyl sites for hydroxylation is 1. The van der Waals surface area contributed by atoms with Crippen LogP contribution in [-0.4, -0.2) is 43.4 Å². The first-order valence-corrected chi connectivity index (χ1v) is 10.7. The first-order chi connectivity index (χ1) is 15.6. The summed E-state index contributed by atoms with van der Waals surface area (Å²) in [7, 11) is 1.65. The smallest absolute Gasteiger partial charge is 0.336 e. The van der Waals surface area contributed by atoms with E-state index in [1.165, 1.54) is 6.07 Å². The lowest BCUT2D eigenvalue weighted by Gasteiger charge is -2.35. The molecule has 0 bridgehead atoms. The SMILES string of the molecule is COc1cccc([C@@H](c2ccc3c(ccc4c(C)cc(=O)oc43)c2O)N2CCOCC2)c1. The quantitative estimate of drug-likeness (QED) is 0.382. The lowest BCUT2D eigenvalue weighted by Crippen LogP contribution is -2.39. The van der Waals surface area contributed by atoms with Crippen molar-refractivity contribution in [3.8, 4) is 11.5 Å². The Kier molecular flexibility index (Phi) is 5.33. The predicted octanol–water partition coefficient (Wildman–Crippen LogP) is 4.39. The van der Waals surface area contributed by atoms with Gasteiger partial charge in [-0.3, -0.25) is 4.90 Å². The van der Waals surface area contributed by atoms with Gasteiger partial charge in [-0.2, -0.15) is 0 Å². The maximum Gasteiger partial charge on any atom is 0.336 e. The van der Waals surface area contributed by atoms with Crippen LogP contribution < -0.4 is 10.4 Å². The minimum atomic E-state index is -0.395. The highest BCUT2D eigenvalue weighted by Gasteiger charge is 2.28. The van der Waals surface area contributed by atoms with Crippen molar-refractivity contribution < 1.29 is 19.0 Å². The largest absolute Gasteiger partial charge is 0.507 e. The van der Waals surface area contributed by atoms with Crippen molar-refractivity contribution in [3.05, 3.63) is 81.7 Å². The highest BCUT2D eigenvalue weighted by Crippen LogP contribution is 2.41. The van der Waals surface area contributed by atoms with E-state index in [2.05, 4.69) is 11.0 Å². The predicted molar refractivity (Wildman–Crippen MR) is 124 cm³/mol. The molecule has 0 unspecified atom stereocenters. The molecule has 1 atom stereocenters. The van der Waals surface area contributed by atoms with Crippen LogP contribution in [0.25, 0.3) is 21.7 Å². The molecule has 2 heterocycles. The number of hydrogen-bond acceptors (Lipinski definition) is 6. The van der Waals surface area contributed by atoms with Gasteiger partial charge in [0.25, 0.3) is 0 Å². The zero-order valence-corrected chi connectivity index (χ0v) is 18.1. The van der Waals surface area contributed by atoms with Gasteiger partial charge in [-0.1, -0.05) is 24.3 Å². The van der Waals surface area contributed by atoms with Crippen molar-refractivity contribution >= 4 is 21.7 Å². The monoisotopic (exact) mass is 431 g/mol. The third-order valence-corrected chi connectivity index (χ3v) is 6.23. The average molecular weight is 431 g/mol. The van der Waals surface area contributed by atoms with Gasteiger partial charge in [-0.05, 0) is 42.3 Å². The number of phenols is 1. The Hall–Kier alpha value is -3.35. The molecular weight excluding hydrogens is 406 g/mol. The molecule has 0 aliphatic carbocycles. The van der Waals surface area contributed by atoms with Crippen LogP contribution in [0.2, 0.25) is 0 Å². The third-order valence-electron chi connectivity index (χ3n) is 6.23. The number of rotatable bonds is 4. The Bertz CT molecular complexity index is 1350. The van der Waals surface area contributed by atoms with Gasteiger partial charge in [0, 0.05) is 40.9 Å². The lowest BCUT2D eigenvalue weighted by molar-refractivity contribution is 0.0236. The standard InChI is InChI=1S/C26H25NO5/c1-16-14-23(28)32-26-19(16)6-7-20-21(26)8-9-22(25(20)29)24(27-10-12-31-13-11-27)17-4-3-5-18(15-17)30-2/h3-9,14-15,24,29H,10-13H2,1-2H3/t24-/m0/s1. The first-order valence-electron chi connectivity index (χ1n) is 10.7. The molecule has 1 N–H and O–H groups in total. The van der Waals surface area contributed by atoms with Crippen LogP contribution in [0.5, 0.6) is 11.5 Å². The molecule has 0 spiro atoms. The summed E-state index contributed by atoms with van der Waals surface area (Å²) in [4.78, 5) is 14.3. The van der Waals surface area contributed by atoms with Crippen molar-refractivity contribution in [1.29, 1.82) is 0 Å². The van der Waals surface area contributed by atoms with E-state index in [1.54, 1.807) is 7.11 Å². The number of phenolic OH excluding ortho intramolecular Hbond substituents is 1. The molecule has 0 amide bonds.